The van der Waals surface area contributed by atoms with E-state index in [0.717, 1.165) is 36.1 Å². The van der Waals surface area contributed by atoms with Crippen molar-refractivity contribution in [2.75, 3.05) is 44.3 Å². The summed E-state index contributed by atoms with van der Waals surface area (Å²) in [5.74, 6) is 0.622. The highest BCUT2D eigenvalue weighted by Crippen LogP contribution is 2.36. The van der Waals surface area contributed by atoms with Gasteiger partial charge in [0.15, 0.2) is 0 Å². The number of hydrogen-bond donors (Lipinski definition) is 0. The van der Waals surface area contributed by atoms with Gasteiger partial charge in [-0.25, -0.2) is 0 Å². The fraction of sp³-hybridized carbons (Fsp3) is 0.800. The van der Waals surface area contributed by atoms with E-state index in [1.165, 1.54) is 0 Å². The van der Waals surface area contributed by atoms with E-state index in [4.69, 9.17) is 9.47 Å². The maximum atomic E-state index is 12.6. The maximum Gasteiger partial charge on any atom is 0.251 e. The predicted molar refractivity (Wildman–Crippen MR) is 85.6 cm³/mol. The van der Waals surface area contributed by atoms with Crippen LogP contribution in [0.4, 0.5) is 5.13 Å². The lowest BCUT2D eigenvalue weighted by atomic mass is 9.92. The van der Waals surface area contributed by atoms with E-state index >= 15 is 0 Å². The van der Waals surface area contributed by atoms with Gasteiger partial charge in [-0.15, -0.1) is 10.2 Å². The summed E-state index contributed by atoms with van der Waals surface area (Å²) in [4.78, 5) is 16.7. The summed E-state index contributed by atoms with van der Waals surface area (Å²) < 4.78 is 11.4. The minimum absolute atomic E-state index is 0.128. The molecule has 3 aliphatic heterocycles. The first kappa shape index (κ1) is 15.3. The lowest BCUT2D eigenvalue weighted by molar-refractivity contribution is -0.146. The van der Waals surface area contributed by atoms with Crippen LogP contribution in [0.5, 0.6) is 0 Å². The number of amides is 1. The van der Waals surface area contributed by atoms with Gasteiger partial charge in [0.2, 0.25) is 5.13 Å². The Hall–Kier alpha value is -1.25. The summed E-state index contributed by atoms with van der Waals surface area (Å²) in [6, 6.07) is 0. The van der Waals surface area contributed by atoms with Crippen molar-refractivity contribution >= 4 is 22.4 Å². The average Bonchev–Trinajstić information content (AvgIpc) is 3.20. The van der Waals surface area contributed by atoms with Gasteiger partial charge in [0.1, 0.15) is 11.1 Å². The SMILES string of the molecule is Cc1nnc(N2CC[C@H]3C[C@@H](C(=O)N4CCOCC4)O[C@H]3C2)s1. The molecule has 0 spiro atoms. The number of anilines is 1. The summed E-state index contributed by atoms with van der Waals surface area (Å²) in [6.45, 7) is 6.39. The summed E-state index contributed by atoms with van der Waals surface area (Å²) in [7, 11) is 0. The quantitative estimate of drug-likeness (QED) is 0.790. The van der Waals surface area contributed by atoms with Crippen LogP contribution in [0.1, 0.15) is 17.8 Å². The molecule has 0 unspecified atom stereocenters. The van der Waals surface area contributed by atoms with Crippen molar-refractivity contribution < 1.29 is 14.3 Å². The molecule has 0 aromatic carbocycles. The number of piperidine rings is 1. The smallest absolute Gasteiger partial charge is 0.251 e. The van der Waals surface area contributed by atoms with Crippen molar-refractivity contribution in [3.63, 3.8) is 0 Å². The van der Waals surface area contributed by atoms with E-state index in [0.29, 0.717) is 32.2 Å². The van der Waals surface area contributed by atoms with Crippen LogP contribution in [-0.4, -0.2) is 72.6 Å². The van der Waals surface area contributed by atoms with Crippen molar-refractivity contribution in [2.45, 2.75) is 32.0 Å². The molecule has 7 nitrogen and oxygen atoms in total. The monoisotopic (exact) mass is 338 g/mol. The molecule has 1 aromatic heterocycles. The normalized spacial score (nSPS) is 31.3. The zero-order valence-corrected chi connectivity index (χ0v) is 14.1. The van der Waals surface area contributed by atoms with Crippen LogP contribution < -0.4 is 4.90 Å². The molecule has 1 amide bonds. The first-order valence-electron chi connectivity index (χ1n) is 8.28. The van der Waals surface area contributed by atoms with Crippen LogP contribution in [0.3, 0.4) is 0 Å². The van der Waals surface area contributed by atoms with E-state index in [2.05, 4.69) is 15.1 Å². The fourth-order valence-electron chi connectivity index (χ4n) is 3.66. The van der Waals surface area contributed by atoms with Gasteiger partial charge < -0.3 is 19.3 Å². The van der Waals surface area contributed by atoms with Crippen LogP contribution in [0, 0.1) is 12.8 Å². The lowest BCUT2D eigenvalue weighted by Gasteiger charge is -2.33. The Labute approximate surface area is 139 Å². The maximum absolute atomic E-state index is 12.6. The minimum atomic E-state index is -0.279. The van der Waals surface area contributed by atoms with Crippen LogP contribution >= 0.6 is 11.3 Å². The Kier molecular flexibility index (Phi) is 4.21. The van der Waals surface area contributed by atoms with Gasteiger partial charge in [0.25, 0.3) is 5.91 Å². The lowest BCUT2D eigenvalue weighted by Crippen LogP contribution is -2.46. The number of hydrogen-bond acceptors (Lipinski definition) is 7. The van der Waals surface area contributed by atoms with Gasteiger partial charge >= 0.3 is 0 Å². The number of rotatable bonds is 2. The Morgan fingerprint density at radius 2 is 2.09 bits per heavy atom. The van der Waals surface area contributed by atoms with E-state index in [-0.39, 0.29) is 18.1 Å². The van der Waals surface area contributed by atoms with Crippen LogP contribution in [0.2, 0.25) is 0 Å². The Morgan fingerprint density at radius 1 is 1.26 bits per heavy atom. The van der Waals surface area contributed by atoms with Crippen molar-refractivity contribution in [2.24, 2.45) is 5.92 Å². The van der Waals surface area contributed by atoms with E-state index in [9.17, 15) is 4.79 Å². The third-order valence-electron chi connectivity index (χ3n) is 4.94. The predicted octanol–water partition coefficient (Wildman–Crippen LogP) is 0.689. The molecule has 4 heterocycles. The van der Waals surface area contributed by atoms with Crippen LogP contribution in [0.15, 0.2) is 0 Å². The largest absolute Gasteiger partial charge is 0.378 e. The molecule has 8 heteroatoms. The van der Waals surface area contributed by atoms with E-state index < -0.39 is 0 Å². The molecule has 0 aliphatic carbocycles. The third kappa shape index (κ3) is 3.07. The zero-order chi connectivity index (χ0) is 15.8. The molecule has 3 aliphatic rings. The van der Waals surface area contributed by atoms with Gasteiger partial charge in [-0.05, 0) is 25.7 Å². The van der Waals surface area contributed by atoms with Gasteiger partial charge in [-0.2, -0.15) is 0 Å². The standard InChI is InChI=1S/C15H22N4O3S/c1-10-16-17-15(23-10)19-3-2-11-8-12(22-13(11)9-19)14(20)18-4-6-21-7-5-18/h11-13H,2-9H2,1H3/t11-,12-,13-/m0/s1. The molecule has 3 fully saturated rings. The molecule has 0 radical (unpaired) electrons. The van der Waals surface area contributed by atoms with Gasteiger partial charge in [-0.3, -0.25) is 4.79 Å². The average molecular weight is 338 g/mol. The molecule has 0 bridgehead atoms. The fourth-order valence-corrected chi connectivity index (χ4v) is 4.39. The number of ether oxygens (including phenoxy) is 2. The highest BCUT2D eigenvalue weighted by Gasteiger charge is 2.43. The Morgan fingerprint density at radius 3 is 2.83 bits per heavy atom. The number of nitrogens with zero attached hydrogens (tertiary/aromatic N) is 4. The number of carbonyl (C=O) groups is 1. The number of aryl methyl sites for hydroxylation is 1. The third-order valence-corrected chi connectivity index (χ3v) is 5.84. The number of fused-ring (bicyclic) bond motifs is 1. The summed E-state index contributed by atoms with van der Waals surface area (Å²) in [6.07, 6.45) is 1.75. The second-order valence-corrected chi connectivity index (χ2v) is 7.60. The van der Waals surface area contributed by atoms with Crippen molar-refractivity contribution in [3.8, 4) is 0 Å². The second kappa shape index (κ2) is 6.33. The van der Waals surface area contributed by atoms with E-state index in [1.54, 1.807) is 11.3 Å². The molecule has 126 valence electrons. The molecule has 0 N–H and O–H groups in total. The number of carbonyl (C=O) groups excluding carboxylic acids is 1. The minimum Gasteiger partial charge on any atom is -0.378 e. The van der Waals surface area contributed by atoms with Crippen molar-refractivity contribution in [1.29, 1.82) is 0 Å². The Bertz CT molecular complexity index is 575. The second-order valence-electron chi connectivity index (χ2n) is 6.43. The van der Waals surface area contributed by atoms with Gasteiger partial charge in [0.05, 0.1) is 19.3 Å². The number of morpholine rings is 1. The zero-order valence-electron chi connectivity index (χ0n) is 13.3. The van der Waals surface area contributed by atoms with E-state index in [1.807, 2.05) is 11.8 Å². The molecule has 3 saturated heterocycles. The highest BCUT2D eigenvalue weighted by molar-refractivity contribution is 7.15. The molecule has 1 aromatic rings. The first-order valence-corrected chi connectivity index (χ1v) is 9.09. The molecule has 0 saturated carbocycles. The van der Waals surface area contributed by atoms with Gasteiger partial charge in [0, 0.05) is 26.2 Å². The van der Waals surface area contributed by atoms with Crippen LogP contribution in [0.25, 0.3) is 0 Å². The van der Waals surface area contributed by atoms with Crippen LogP contribution in [-0.2, 0) is 14.3 Å². The summed E-state index contributed by atoms with van der Waals surface area (Å²) >= 11 is 1.62. The highest BCUT2D eigenvalue weighted by atomic mass is 32.1. The molecular formula is C15H22N4O3S. The number of aromatic nitrogens is 2. The molecule has 3 atom stereocenters. The van der Waals surface area contributed by atoms with Crippen molar-refractivity contribution in [3.05, 3.63) is 5.01 Å². The van der Waals surface area contributed by atoms with Crippen molar-refractivity contribution in [1.82, 2.24) is 15.1 Å². The molecule has 23 heavy (non-hydrogen) atoms. The Balaban J connectivity index is 1.38. The van der Waals surface area contributed by atoms with Gasteiger partial charge in [-0.1, -0.05) is 11.3 Å². The topological polar surface area (TPSA) is 67.8 Å². The summed E-state index contributed by atoms with van der Waals surface area (Å²) in [5, 5.41) is 10.3. The first-order chi connectivity index (χ1) is 11.2. The molecular weight excluding hydrogens is 316 g/mol. The summed E-state index contributed by atoms with van der Waals surface area (Å²) in [5.41, 5.74) is 0. The molecule has 4 rings (SSSR count).